The van der Waals surface area contributed by atoms with Gasteiger partial charge in [0.1, 0.15) is 11.6 Å². The van der Waals surface area contributed by atoms with Crippen molar-refractivity contribution in [3.8, 4) is 11.3 Å². The normalized spacial score (nSPS) is 14.5. The summed E-state index contributed by atoms with van der Waals surface area (Å²) in [7, 11) is 3.91. The zero-order chi connectivity index (χ0) is 22.5. The highest BCUT2D eigenvalue weighted by molar-refractivity contribution is 7.98. The molecule has 3 aromatic rings. The molecular formula is C24H29N5O2S. The van der Waals surface area contributed by atoms with E-state index < -0.39 is 0 Å². The predicted octanol–water partition coefficient (Wildman–Crippen LogP) is 3.87. The van der Waals surface area contributed by atoms with Crippen LogP contribution in [0.3, 0.4) is 0 Å². The van der Waals surface area contributed by atoms with Gasteiger partial charge < -0.3 is 19.1 Å². The maximum Gasteiger partial charge on any atom is 0.289 e. The molecule has 0 saturated carbocycles. The molecule has 0 radical (unpaired) electrons. The number of carbonyl (C=O) groups excluding carboxylic acids is 1. The van der Waals surface area contributed by atoms with Crippen molar-refractivity contribution in [2.24, 2.45) is 0 Å². The molecule has 1 saturated heterocycles. The van der Waals surface area contributed by atoms with Gasteiger partial charge in [0.15, 0.2) is 10.9 Å². The third-order valence-electron chi connectivity index (χ3n) is 5.63. The van der Waals surface area contributed by atoms with Crippen LogP contribution in [0.1, 0.15) is 23.2 Å². The molecule has 0 aliphatic carbocycles. The van der Waals surface area contributed by atoms with Gasteiger partial charge in [0.25, 0.3) is 5.91 Å². The van der Waals surface area contributed by atoms with Gasteiger partial charge in [0.05, 0.1) is 11.4 Å². The van der Waals surface area contributed by atoms with E-state index in [2.05, 4.69) is 35.0 Å². The Hall–Kier alpha value is -2.84. The van der Waals surface area contributed by atoms with Crippen molar-refractivity contribution in [2.75, 3.05) is 51.7 Å². The largest absolute Gasteiger partial charge is 0.455 e. The number of likely N-dealkylation sites (N-methyl/N-ethyl adjacent to an activating group) is 1. The molecule has 1 aromatic carbocycles. The van der Waals surface area contributed by atoms with Crippen LogP contribution >= 0.6 is 11.8 Å². The second kappa shape index (κ2) is 10.2. The highest BCUT2D eigenvalue weighted by atomic mass is 32.2. The van der Waals surface area contributed by atoms with E-state index in [1.165, 1.54) is 11.8 Å². The lowest BCUT2D eigenvalue weighted by atomic mass is 10.1. The van der Waals surface area contributed by atoms with Crippen molar-refractivity contribution in [3.63, 3.8) is 0 Å². The van der Waals surface area contributed by atoms with Crippen LogP contribution in [0.2, 0.25) is 0 Å². The van der Waals surface area contributed by atoms with Crippen LogP contribution in [-0.4, -0.2) is 72.5 Å². The van der Waals surface area contributed by atoms with Crippen LogP contribution in [0.5, 0.6) is 0 Å². The van der Waals surface area contributed by atoms with Crippen LogP contribution in [0.25, 0.3) is 11.3 Å². The van der Waals surface area contributed by atoms with Crippen LogP contribution < -0.4 is 4.90 Å². The Morgan fingerprint density at radius 1 is 1.09 bits per heavy atom. The summed E-state index contributed by atoms with van der Waals surface area (Å²) in [5.41, 5.74) is 1.98. The molecule has 1 aliphatic rings. The van der Waals surface area contributed by atoms with Gasteiger partial charge >= 0.3 is 0 Å². The summed E-state index contributed by atoms with van der Waals surface area (Å²) < 4.78 is 5.78. The Kier molecular flexibility index (Phi) is 7.12. The van der Waals surface area contributed by atoms with Crippen LogP contribution in [0, 0.1) is 0 Å². The second-order valence-electron chi connectivity index (χ2n) is 7.92. The summed E-state index contributed by atoms with van der Waals surface area (Å²) in [6, 6.07) is 15.9. The standard InChI is InChI=1S/C24H29N5O2S/c1-4-28(3)23(30)21-11-10-19(31-21)17-32-24-25-20(18-8-6-5-7-9-18)16-22(26-24)29-14-12-27(2)13-15-29/h5-11,16H,4,12-15,17H2,1-3H3. The highest BCUT2D eigenvalue weighted by Gasteiger charge is 2.19. The maximum absolute atomic E-state index is 12.3. The van der Waals surface area contributed by atoms with Gasteiger partial charge in [-0.25, -0.2) is 9.97 Å². The van der Waals surface area contributed by atoms with E-state index in [1.807, 2.05) is 31.2 Å². The summed E-state index contributed by atoms with van der Waals surface area (Å²) in [5.74, 6) is 2.50. The van der Waals surface area contributed by atoms with Crippen molar-refractivity contribution < 1.29 is 9.21 Å². The first-order valence-electron chi connectivity index (χ1n) is 10.9. The van der Waals surface area contributed by atoms with E-state index >= 15 is 0 Å². The molecule has 0 N–H and O–H groups in total. The van der Waals surface area contributed by atoms with E-state index in [1.54, 1.807) is 18.0 Å². The summed E-state index contributed by atoms with van der Waals surface area (Å²) in [6.07, 6.45) is 0. The summed E-state index contributed by atoms with van der Waals surface area (Å²) in [4.78, 5) is 28.2. The second-order valence-corrected chi connectivity index (χ2v) is 8.87. The molecule has 8 heteroatoms. The minimum atomic E-state index is -0.108. The van der Waals surface area contributed by atoms with E-state index in [9.17, 15) is 4.79 Å². The monoisotopic (exact) mass is 451 g/mol. The first-order valence-corrected chi connectivity index (χ1v) is 11.9. The zero-order valence-corrected chi connectivity index (χ0v) is 19.6. The molecule has 0 bridgehead atoms. The Labute approximate surface area is 193 Å². The Morgan fingerprint density at radius 2 is 1.84 bits per heavy atom. The molecule has 1 fully saturated rings. The maximum atomic E-state index is 12.3. The number of carbonyl (C=O) groups is 1. The van der Waals surface area contributed by atoms with Crippen LogP contribution in [0.4, 0.5) is 5.82 Å². The van der Waals surface area contributed by atoms with E-state index in [4.69, 9.17) is 14.4 Å². The van der Waals surface area contributed by atoms with Gasteiger partial charge in [-0.2, -0.15) is 0 Å². The van der Waals surface area contributed by atoms with Gasteiger partial charge in [-0.05, 0) is 26.1 Å². The SMILES string of the molecule is CCN(C)C(=O)c1ccc(CSc2nc(-c3ccccc3)cc(N3CCN(C)CC3)n2)o1. The Bertz CT molecular complexity index is 1050. The minimum absolute atomic E-state index is 0.108. The summed E-state index contributed by atoms with van der Waals surface area (Å²) in [5, 5.41) is 0.704. The number of amides is 1. The fourth-order valence-corrected chi connectivity index (χ4v) is 4.22. The smallest absolute Gasteiger partial charge is 0.289 e. The van der Waals surface area contributed by atoms with Gasteiger partial charge in [-0.1, -0.05) is 42.1 Å². The van der Waals surface area contributed by atoms with Crippen molar-refractivity contribution in [2.45, 2.75) is 17.8 Å². The van der Waals surface area contributed by atoms with Crippen molar-refractivity contribution >= 4 is 23.5 Å². The Balaban J connectivity index is 1.54. The molecule has 1 aliphatic heterocycles. The number of rotatable bonds is 7. The van der Waals surface area contributed by atoms with E-state index in [0.29, 0.717) is 23.2 Å². The van der Waals surface area contributed by atoms with E-state index in [0.717, 1.165) is 49.0 Å². The molecule has 4 rings (SSSR count). The highest BCUT2D eigenvalue weighted by Crippen LogP contribution is 2.28. The minimum Gasteiger partial charge on any atom is -0.455 e. The molecule has 32 heavy (non-hydrogen) atoms. The third kappa shape index (κ3) is 5.31. The van der Waals surface area contributed by atoms with Crippen LogP contribution in [-0.2, 0) is 5.75 Å². The number of thioether (sulfide) groups is 1. The number of nitrogens with zero attached hydrogens (tertiary/aromatic N) is 5. The number of aromatic nitrogens is 2. The van der Waals surface area contributed by atoms with Gasteiger partial charge in [0, 0.05) is 51.4 Å². The third-order valence-corrected chi connectivity index (χ3v) is 6.50. The van der Waals surface area contributed by atoms with Crippen molar-refractivity contribution in [1.29, 1.82) is 0 Å². The molecule has 3 heterocycles. The summed E-state index contributed by atoms with van der Waals surface area (Å²) >= 11 is 1.52. The average molecular weight is 452 g/mol. The van der Waals surface area contributed by atoms with Crippen molar-refractivity contribution in [3.05, 3.63) is 60.1 Å². The summed E-state index contributed by atoms with van der Waals surface area (Å²) in [6.45, 7) is 6.50. The van der Waals surface area contributed by atoms with Crippen LogP contribution in [0.15, 0.2) is 58.1 Å². The van der Waals surface area contributed by atoms with Gasteiger partial charge in [-0.3, -0.25) is 4.79 Å². The van der Waals surface area contributed by atoms with Gasteiger partial charge in [0.2, 0.25) is 0 Å². The quantitative estimate of drug-likeness (QED) is 0.399. The number of benzene rings is 1. The lowest BCUT2D eigenvalue weighted by Gasteiger charge is -2.33. The fraction of sp³-hybridized carbons (Fsp3) is 0.375. The number of hydrogen-bond acceptors (Lipinski definition) is 7. The number of piperazine rings is 1. The molecule has 1 amide bonds. The topological polar surface area (TPSA) is 65.7 Å². The fourth-order valence-electron chi connectivity index (χ4n) is 3.47. The molecular weight excluding hydrogens is 422 g/mol. The Morgan fingerprint density at radius 3 is 2.56 bits per heavy atom. The molecule has 2 aromatic heterocycles. The average Bonchev–Trinajstić information content (AvgIpc) is 3.31. The van der Waals surface area contributed by atoms with Crippen molar-refractivity contribution in [1.82, 2.24) is 19.8 Å². The first-order chi connectivity index (χ1) is 15.5. The molecule has 168 valence electrons. The van der Waals surface area contributed by atoms with E-state index in [-0.39, 0.29) is 5.91 Å². The molecule has 0 atom stereocenters. The lowest BCUT2D eigenvalue weighted by Crippen LogP contribution is -2.44. The van der Waals surface area contributed by atoms with Gasteiger partial charge in [-0.15, -0.1) is 0 Å². The number of hydrogen-bond donors (Lipinski definition) is 0. The zero-order valence-electron chi connectivity index (χ0n) is 18.8. The molecule has 0 unspecified atom stereocenters. The predicted molar refractivity (Wildman–Crippen MR) is 128 cm³/mol. The number of furan rings is 1. The molecule has 7 nitrogen and oxygen atoms in total. The number of anilines is 1. The first kappa shape index (κ1) is 22.4. The molecule has 0 spiro atoms. The lowest BCUT2D eigenvalue weighted by molar-refractivity contribution is 0.0769.